The van der Waals surface area contributed by atoms with E-state index >= 15 is 0 Å². The molecule has 0 spiro atoms. The lowest BCUT2D eigenvalue weighted by atomic mass is 9.81. The van der Waals surface area contributed by atoms with E-state index in [4.69, 9.17) is 0 Å². The van der Waals surface area contributed by atoms with Gasteiger partial charge in [-0.1, -0.05) is 179 Å². The van der Waals surface area contributed by atoms with Gasteiger partial charge >= 0.3 is 0 Å². The average molecular weight is 753 g/mol. The Bertz CT molecular complexity index is 3050. The lowest BCUT2D eigenvalue weighted by Crippen LogP contribution is -2.26. The second-order valence-corrected chi connectivity index (χ2v) is 14.9. The van der Waals surface area contributed by atoms with Crippen LogP contribution >= 0.6 is 0 Å². The van der Waals surface area contributed by atoms with E-state index in [1.54, 1.807) is 0 Å². The smallest absolute Gasteiger partial charge is 0.0532 e. The maximum absolute atomic E-state index is 3.40. The molecule has 9 aromatic carbocycles. The summed E-state index contributed by atoms with van der Waals surface area (Å²) in [6, 6.07) is 56.9. The van der Waals surface area contributed by atoms with Crippen LogP contribution in [-0.4, -0.2) is 25.0 Å². The number of hydrogen-bond acceptors (Lipinski definition) is 2. The number of hydrogen-bond donors (Lipinski definition) is 1. The normalized spacial score (nSPS) is 13.2. The zero-order valence-corrected chi connectivity index (χ0v) is 33.3. The summed E-state index contributed by atoms with van der Waals surface area (Å²) in [5.74, 6) is 0. The van der Waals surface area contributed by atoms with Crippen molar-refractivity contribution in [3.63, 3.8) is 0 Å². The quantitative estimate of drug-likeness (QED) is 0.0991. The topological polar surface area (TPSA) is 15.3 Å². The number of nitrogens with zero attached hydrogens (tertiary/aromatic N) is 1. The van der Waals surface area contributed by atoms with Crippen LogP contribution in [0.4, 0.5) is 0 Å². The first-order chi connectivity index (χ1) is 28.2. The number of benzene rings is 9. The highest BCUT2D eigenvalue weighted by Gasteiger charge is 2.23. The molecule has 2 heteroatoms. The molecule has 2 nitrogen and oxygen atoms in total. The maximum atomic E-state index is 3.40. The summed E-state index contributed by atoms with van der Waals surface area (Å²) in [5, 5.41) is 18.6. The van der Waals surface area contributed by atoms with Gasteiger partial charge in [0.2, 0.25) is 0 Å². The molecular weight excluding hydrogens is 701 g/mol. The van der Waals surface area contributed by atoms with Crippen LogP contribution in [-0.2, 0) is 0 Å². The van der Waals surface area contributed by atoms with Gasteiger partial charge in [0.25, 0.3) is 0 Å². The van der Waals surface area contributed by atoms with Crippen molar-refractivity contribution < 1.29 is 0 Å². The third-order valence-electron chi connectivity index (χ3n) is 11.6. The predicted octanol–water partition coefficient (Wildman–Crippen LogP) is 15.2. The van der Waals surface area contributed by atoms with Crippen molar-refractivity contribution >= 4 is 64.6 Å². The van der Waals surface area contributed by atoms with Crippen LogP contribution in [0.3, 0.4) is 0 Å². The third kappa shape index (κ3) is 6.64. The minimum atomic E-state index is 0. The molecule has 0 radical (unpaired) electrons. The largest absolute Gasteiger partial charge is 0.387 e. The molecule has 0 amide bonds. The Hall–Kier alpha value is -6.48. The van der Waals surface area contributed by atoms with E-state index in [1.807, 2.05) is 13.8 Å². The molecule has 58 heavy (non-hydrogen) atoms. The Kier molecular flexibility index (Phi) is 11.0. The van der Waals surface area contributed by atoms with Crippen molar-refractivity contribution in [2.45, 2.75) is 34.2 Å². The highest BCUT2D eigenvalue weighted by atomic mass is 15.1. The molecule has 0 saturated heterocycles. The fourth-order valence-electron chi connectivity index (χ4n) is 9.18. The Balaban J connectivity index is 0.00000154. The van der Waals surface area contributed by atoms with E-state index in [9.17, 15) is 0 Å². The van der Waals surface area contributed by atoms with Crippen molar-refractivity contribution in [2.75, 3.05) is 20.1 Å². The molecule has 1 unspecified atom stereocenters. The fourth-order valence-corrected chi connectivity index (χ4v) is 9.18. The minimum absolute atomic E-state index is 0. The number of allylic oxidation sites excluding steroid dienone is 1. The molecule has 1 atom stereocenters. The molecule has 1 aliphatic heterocycles. The number of dihydropyridines is 1. The summed E-state index contributed by atoms with van der Waals surface area (Å²) in [5.41, 5.74) is 7.66. The fraction of sp³-hybridized carbons (Fsp3) is 0.143. The molecule has 1 aliphatic rings. The Morgan fingerprint density at radius 1 is 0.552 bits per heavy atom. The van der Waals surface area contributed by atoms with Gasteiger partial charge in [0.05, 0.1) is 6.04 Å². The Morgan fingerprint density at radius 2 is 1.02 bits per heavy atom. The maximum Gasteiger partial charge on any atom is 0.0532 e. The Labute approximate surface area is 343 Å². The average Bonchev–Trinajstić information content (AvgIpc) is 3.28. The van der Waals surface area contributed by atoms with Gasteiger partial charge in [0.1, 0.15) is 0 Å². The number of likely N-dealkylation sites (N-methyl/N-ethyl adjacent to an activating group) is 1. The second kappa shape index (κ2) is 16.5. The van der Waals surface area contributed by atoms with Gasteiger partial charge in [-0.05, 0) is 130 Å². The summed E-state index contributed by atoms with van der Waals surface area (Å²) in [7, 11) is 2.24. The van der Waals surface area contributed by atoms with Gasteiger partial charge in [-0.3, -0.25) is 4.90 Å². The standard InChI is InChI=1S/C53H42N2.C2H6.CH4/c1-3-15-51(55(2)34-35-16-14-29-54-33-35)38-27-28-47-50(32-38)53(49-31-37-18-5-7-20-40(37)42-22-9-11-24-44(42)49)46-26-13-12-25-45(46)52(47)48-30-36-17-4-6-19-39(36)41-21-8-10-23-43(41)48;1-2;/h3-28,30-33,51,54H,29,34H2,1-2H3;1-2H3;1H4/b15-3-;;. The van der Waals surface area contributed by atoms with Gasteiger partial charge in [0.15, 0.2) is 0 Å². The third-order valence-corrected chi connectivity index (χ3v) is 11.6. The van der Waals surface area contributed by atoms with Gasteiger partial charge in [-0.2, -0.15) is 0 Å². The van der Waals surface area contributed by atoms with Crippen LogP contribution in [0.2, 0.25) is 0 Å². The van der Waals surface area contributed by atoms with Crippen LogP contribution in [0.1, 0.15) is 39.8 Å². The molecule has 0 aliphatic carbocycles. The minimum Gasteiger partial charge on any atom is -0.387 e. The van der Waals surface area contributed by atoms with E-state index in [0.717, 1.165) is 13.1 Å². The zero-order valence-electron chi connectivity index (χ0n) is 33.3. The first-order valence-electron chi connectivity index (χ1n) is 20.4. The molecule has 1 heterocycles. The SMILES string of the molecule is C.C/C=C\C(c1ccc2c(-c3cc4ccccc4c4ccccc34)c3ccccc3c(-c3cc4ccccc4c4ccccc34)c2c1)N(C)CC1=CNCC=C1.CC. The summed E-state index contributed by atoms with van der Waals surface area (Å²) >= 11 is 0. The van der Waals surface area contributed by atoms with Crippen molar-refractivity contribution in [1.29, 1.82) is 0 Å². The molecule has 10 rings (SSSR count). The first-order valence-corrected chi connectivity index (χ1v) is 20.4. The number of fused-ring (bicyclic) bond motifs is 8. The molecular formula is C56H52N2. The molecule has 0 fully saturated rings. The van der Waals surface area contributed by atoms with Crippen molar-refractivity contribution in [2.24, 2.45) is 0 Å². The molecule has 0 bridgehead atoms. The number of nitrogens with one attached hydrogen (secondary N) is 1. The van der Waals surface area contributed by atoms with Gasteiger partial charge in [-0.25, -0.2) is 0 Å². The summed E-state index contributed by atoms with van der Waals surface area (Å²) in [6.45, 7) is 7.85. The lowest BCUT2D eigenvalue weighted by Gasteiger charge is -2.28. The van der Waals surface area contributed by atoms with E-state index in [2.05, 4.69) is 206 Å². The summed E-state index contributed by atoms with van der Waals surface area (Å²) in [6.07, 6.45) is 11.1. The summed E-state index contributed by atoms with van der Waals surface area (Å²) < 4.78 is 0. The van der Waals surface area contributed by atoms with Gasteiger partial charge < -0.3 is 5.32 Å². The van der Waals surface area contributed by atoms with Gasteiger partial charge in [0, 0.05) is 19.3 Å². The molecule has 0 saturated carbocycles. The van der Waals surface area contributed by atoms with E-state index < -0.39 is 0 Å². The van der Waals surface area contributed by atoms with Crippen LogP contribution < -0.4 is 5.32 Å². The molecule has 0 aromatic heterocycles. The predicted molar refractivity (Wildman–Crippen MR) is 256 cm³/mol. The molecule has 9 aromatic rings. The molecule has 1 N–H and O–H groups in total. The van der Waals surface area contributed by atoms with Crippen molar-refractivity contribution in [1.82, 2.24) is 10.2 Å². The van der Waals surface area contributed by atoms with E-state index in [-0.39, 0.29) is 13.5 Å². The lowest BCUT2D eigenvalue weighted by molar-refractivity contribution is 0.311. The first kappa shape index (κ1) is 38.4. The van der Waals surface area contributed by atoms with Crippen LogP contribution in [0, 0.1) is 0 Å². The van der Waals surface area contributed by atoms with Crippen LogP contribution in [0.15, 0.2) is 188 Å². The van der Waals surface area contributed by atoms with Crippen molar-refractivity contribution in [3.05, 3.63) is 193 Å². The highest BCUT2D eigenvalue weighted by Crippen LogP contribution is 2.49. The summed E-state index contributed by atoms with van der Waals surface area (Å²) in [4.78, 5) is 2.45. The van der Waals surface area contributed by atoms with Crippen LogP contribution in [0.5, 0.6) is 0 Å². The number of rotatable bonds is 7. The zero-order chi connectivity index (χ0) is 38.9. The van der Waals surface area contributed by atoms with E-state index in [1.165, 1.54) is 98.0 Å². The van der Waals surface area contributed by atoms with Gasteiger partial charge in [-0.15, -0.1) is 0 Å². The monoisotopic (exact) mass is 752 g/mol. The highest BCUT2D eigenvalue weighted by molar-refractivity contribution is 6.28. The molecule has 286 valence electrons. The van der Waals surface area contributed by atoms with Crippen LogP contribution in [0.25, 0.3) is 86.9 Å². The second-order valence-electron chi connectivity index (χ2n) is 14.9. The van der Waals surface area contributed by atoms with Crippen molar-refractivity contribution in [3.8, 4) is 22.3 Å². The van der Waals surface area contributed by atoms with E-state index in [0.29, 0.717) is 0 Å². The Morgan fingerprint density at radius 3 is 1.53 bits per heavy atom.